The first-order chi connectivity index (χ1) is 34.0. The maximum atomic E-state index is 13.8. The molecule has 2 aliphatic rings. The van der Waals surface area contributed by atoms with Crippen LogP contribution in [0.4, 0.5) is 55.6 Å². The van der Waals surface area contributed by atoms with Crippen LogP contribution < -0.4 is 39.8 Å². The summed E-state index contributed by atoms with van der Waals surface area (Å²) in [6.45, 7) is 4.01. The average Bonchev–Trinajstić information content (AvgIpc) is 4.00. The minimum Gasteiger partial charge on any atom is -0.486 e. The van der Waals surface area contributed by atoms with Gasteiger partial charge in [-0.3, -0.25) is 0 Å². The van der Waals surface area contributed by atoms with Crippen molar-refractivity contribution in [1.82, 2.24) is 49.0 Å². The molecule has 0 radical (unpaired) electrons. The van der Waals surface area contributed by atoms with Crippen molar-refractivity contribution < 1.29 is 45.3 Å². The number of halogens is 7. The molecular formula is C46H41ClF6N14O4. The number of rotatable bonds is 8. The highest BCUT2D eigenvalue weighted by molar-refractivity contribution is 6.28. The number of nitrogens with two attached hydrogens (primary N) is 1. The van der Waals surface area contributed by atoms with Gasteiger partial charge in [0.1, 0.15) is 36.2 Å². The molecule has 18 nitrogen and oxygen atoms in total. The third-order valence-corrected chi connectivity index (χ3v) is 11.1. The summed E-state index contributed by atoms with van der Waals surface area (Å²) in [5.74, 6) is -4.48. The average molecular weight is 1000 g/mol. The summed E-state index contributed by atoms with van der Waals surface area (Å²) in [6, 6.07) is 9.81. The van der Waals surface area contributed by atoms with E-state index in [4.69, 9.17) is 36.3 Å². The SMILES string of the molecule is CN1c2nc(Cl)ncc2OCC1c1cc(F)c(F)c(F)c1.COc1nc(N)ccc1-n1cnc(C)c1.COc1nc(Nc2ncc3c(n2)N(C)C(c2cc(F)c(F)c(F)c2)CO3)ccc1-n1cnc(C)c1. The van der Waals surface area contributed by atoms with Crippen LogP contribution in [0.2, 0.25) is 5.28 Å². The van der Waals surface area contributed by atoms with Gasteiger partial charge in [-0.15, -0.1) is 0 Å². The van der Waals surface area contributed by atoms with Gasteiger partial charge in [0.15, 0.2) is 58.0 Å². The van der Waals surface area contributed by atoms with E-state index in [1.54, 1.807) is 60.4 Å². The van der Waals surface area contributed by atoms with Crippen LogP contribution >= 0.6 is 11.6 Å². The van der Waals surface area contributed by atoms with Gasteiger partial charge in [-0.2, -0.15) is 19.9 Å². The van der Waals surface area contributed by atoms with Gasteiger partial charge in [-0.25, -0.2) is 46.3 Å². The van der Waals surface area contributed by atoms with Crippen molar-refractivity contribution in [3.8, 4) is 34.6 Å². The van der Waals surface area contributed by atoms with Gasteiger partial charge in [-0.05, 0) is 85.1 Å². The number of hydrogen-bond acceptors (Lipinski definition) is 16. The molecule has 2 atom stereocenters. The number of benzene rings is 2. The molecule has 71 heavy (non-hydrogen) atoms. The molecule has 25 heteroatoms. The summed E-state index contributed by atoms with van der Waals surface area (Å²) < 4.78 is 106. The lowest BCUT2D eigenvalue weighted by Crippen LogP contribution is -2.34. The molecule has 10 rings (SSSR count). The fourth-order valence-electron chi connectivity index (χ4n) is 7.37. The van der Waals surface area contributed by atoms with E-state index in [1.807, 2.05) is 42.9 Å². The van der Waals surface area contributed by atoms with Crippen LogP contribution in [0.1, 0.15) is 34.6 Å². The summed E-state index contributed by atoms with van der Waals surface area (Å²) >= 11 is 5.73. The quantitative estimate of drug-likeness (QED) is 0.0836. The highest BCUT2D eigenvalue weighted by Gasteiger charge is 2.31. The Balaban J connectivity index is 0.000000159. The van der Waals surface area contributed by atoms with E-state index in [-0.39, 0.29) is 35.6 Å². The molecule has 6 aromatic heterocycles. The zero-order valence-electron chi connectivity index (χ0n) is 38.4. The Kier molecular flexibility index (Phi) is 14.3. The summed E-state index contributed by atoms with van der Waals surface area (Å²) in [6.07, 6.45) is 10.0. The number of likely N-dealkylation sites (N-methyl/N-ethyl adjacent to an activating group) is 2. The Labute approximate surface area is 405 Å². The third kappa shape index (κ3) is 10.6. The van der Waals surface area contributed by atoms with E-state index in [2.05, 4.69) is 45.2 Å². The van der Waals surface area contributed by atoms with Gasteiger partial charge in [0, 0.05) is 26.5 Å². The molecule has 8 heterocycles. The Hall–Kier alpha value is -8.41. The molecule has 3 N–H and O–H groups in total. The Bertz CT molecular complexity index is 3190. The second-order valence-corrected chi connectivity index (χ2v) is 16.0. The third-order valence-electron chi connectivity index (χ3n) is 10.9. The van der Waals surface area contributed by atoms with E-state index in [1.165, 1.54) is 19.5 Å². The van der Waals surface area contributed by atoms with Gasteiger partial charge in [0.25, 0.3) is 0 Å². The lowest BCUT2D eigenvalue weighted by Gasteiger charge is -2.35. The summed E-state index contributed by atoms with van der Waals surface area (Å²) in [5.41, 5.74) is 9.36. The number of fused-ring (bicyclic) bond motifs is 2. The van der Waals surface area contributed by atoms with Crippen LogP contribution in [0.3, 0.4) is 0 Å². The Morgan fingerprint density at radius 1 is 0.634 bits per heavy atom. The fraction of sp³-hybridized carbons (Fsp3) is 0.217. The number of methoxy groups -OCH3 is 2. The lowest BCUT2D eigenvalue weighted by molar-refractivity contribution is 0.264. The number of nitrogen functional groups attached to an aromatic ring is 1. The molecule has 0 aliphatic carbocycles. The van der Waals surface area contributed by atoms with Gasteiger partial charge in [0.05, 0.1) is 62.7 Å². The first kappa shape index (κ1) is 49.0. The standard InChI is InChI=1S/C23H20F3N7O2.C13H9ClF3N3O.C10H12N4O/c1-12-9-33(11-28-12)16-4-5-19(29-22(16)34-3)30-23-27-8-18-21(31-23)32(2)17(10-35-18)13-6-14(24)20(26)15(25)7-13;1-20-9(6-2-7(15)11(17)8(16)3-6)5-21-10-4-18-13(14)19-12(10)20;1-7-5-14(6-12-7)8-3-4-9(11)13-10(8)15-2/h4-9,11,17H,10H2,1-3H3,(H,27,29,30,31);2-4,9H,5H2,1H3;3-6H,1-2H3,(H2,11,13). The van der Waals surface area contributed by atoms with Crippen LogP contribution in [0.25, 0.3) is 11.4 Å². The van der Waals surface area contributed by atoms with E-state index in [9.17, 15) is 26.3 Å². The van der Waals surface area contributed by atoms with Crippen LogP contribution in [-0.2, 0) is 0 Å². The molecule has 0 saturated carbocycles. The molecule has 0 fully saturated rings. The van der Waals surface area contributed by atoms with E-state index < -0.39 is 47.0 Å². The minimum absolute atomic E-state index is 0.0290. The van der Waals surface area contributed by atoms with Gasteiger partial charge >= 0.3 is 0 Å². The van der Waals surface area contributed by atoms with E-state index in [0.29, 0.717) is 52.2 Å². The van der Waals surface area contributed by atoms with Gasteiger partial charge in [0.2, 0.25) is 23.0 Å². The predicted molar refractivity (Wildman–Crippen MR) is 248 cm³/mol. The second kappa shape index (κ2) is 20.7. The number of aromatic nitrogens is 10. The second-order valence-electron chi connectivity index (χ2n) is 15.6. The Morgan fingerprint density at radius 2 is 1.10 bits per heavy atom. The number of anilines is 5. The van der Waals surface area contributed by atoms with Crippen LogP contribution in [0.15, 0.2) is 86.0 Å². The summed E-state index contributed by atoms with van der Waals surface area (Å²) in [4.78, 5) is 36.8. The molecule has 2 unspecified atom stereocenters. The molecule has 0 amide bonds. The first-order valence-electron chi connectivity index (χ1n) is 21.1. The van der Waals surface area contributed by atoms with Crippen molar-refractivity contribution in [2.45, 2.75) is 25.9 Å². The summed E-state index contributed by atoms with van der Waals surface area (Å²) in [5, 5.41) is 3.05. The Morgan fingerprint density at radius 3 is 1.58 bits per heavy atom. The first-order valence-corrected chi connectivity index (χ1v) is 21.4. The molecule has 368 valence electrons. The van der Waals surface area contributed by atoms with Gasteiger partial charge < -0.3 is 48.9 Å². The van der Waals surface area contributed by atoms with Crippen molar-refractivity contribution in [2.24, 2.45) is 0 Å². The zero-order valence-corrected chi connectivity index (χ0v) is 39.1. The highest BCUT2D eigenvalue weighted by atomic mass is 35.5. The van der Waals surface area contributed by atoms with Crippen LogP contribution in [0.5, 0.6) is 23.3 Å². The molecule has 0 spiro atoms. The smallest absolute Gasteiger partial charge is 0.240 e. The predicted octanol–water partition coefficient (Wildman–Crippen LogP) is 8.39. The molecule has 0 saturated heterocycles. The van der Waals surface area contributed by atoms with Crippen molar-refractivity contribution in [3.05, 3.63) is 149 Å². The van der Waals surface area contributed by atoms with Crippen molar-refractivity contribution in [1.29, 1.82) is 0 Å². The van der Waals surface area contributed by atoms with Crippen molar-refractivity contribution in [2.75, 3.05) is 62.4 Å². The van der Waals surface area contributed by atoms with Crippen molar-refractivity contribution >= 4 is 40.8 Å². The lowest BCUT2D eigenvalue weighted by atomic mass is 10.0. The van der Waals surface area contributed by atoms with E-state index >= 15 is 0 Å². The van der Waals surface area contributed by atoms with Crippen molar-refractivity contribution in [3.63, 3.8) is 0 Å². The number of imidazole rings is 2. The zero-order chi connectivity index (χ0) is 50.7. The number of hydrogen-bond donors (Lipinski definition) is 2. The number of nitrogens with zero attached hydrogens (tertiary/aromatic N) is 12. The maximum Gasteiger partial charge on any atom is 0.240 e. The van der Waals surface area contributed by atoms with Gasteiger partial charge in [-0.1, -0.05) is 0 Å². The summed E-state index contributed by atoms with van der Waals surface area (Å²) in [7, 11) is 6.46. The van der Waals surface area contributed by atoms with Crippen LogP contribution in [0, 0.1) is 48.8 Å². The number of pyridine rings is 2. The molecule has 2 aliphatic heterocycles. The monoisotopic (exact) mass is 1000 g/mol. The number of ether oxygens (including phenoxy) is 4. The number of aryl methyl sites for hydroxylation is 2. The highest BCUT2D eigenvalue weighted by Crippen LogP contribution is 2.39. The largest absolute Gasteiger partial charge is 0.486 e. The molecule has 2 aromatic carbocycles. The molecular weight excluding hydrogens is 962 g/mol. The van der Waals surface area contributed by atoms with Crippen LogP contribution in [-0.4, -0.2) is 90.5 Å². The number of nitrogens with one attached hydrogen (secondary N) is 1. The molecule has 0 bridgehead atoms. The fourth-order valence-corrected chi connectivity index (χ4v) is 7.50. The molecule has 8 aromatic rings. The minimum atomic E-state index is -1.51. The normalized spacial score (nSPS) is 14.7. The van der Waals surface area contributed by atoms with E-state index in [0.717, 1.165) is 41.3 Å². The maximum absolute atomic E-state index is 13.8. The topological polar surface area (TPSA) is 194 Å².